The number of fused-ring (bicyclic) bond motifs is 1. The van der Waals surface area contributed by atoms with Crippen LogP contribution in [0.3, 0.4) is 0 Å². The number of hydrogen-bond donors (Lipinski definition) is 0. The first-order valence-corrected chi connectivity index (χ1v) is 8.32. The lowest BCUT2D eigenvalue weighted by Crippen LogP contribution is -2.41. The van der Waals surface area contributed by atoms with Crippen molar-refractivity contribution in [2.75, 3.05) is 0 Å². The lowest BCUT2D eigenvalue weighted by molar-refractivity contribution is 0.00578. The topological polar surface area (TPSA) is 75.5 Å². The zero-order chi connectivity index (χ0) is 18.6. The summed E-state index contributed by atoms with van der Waals surface area (Å²) in [4.78, 5) is 16.6. The molecule has 7 nitrogen and oxygen atoms in total. The van der Waals surface area contributed by atoms with Crippen LogP contribution in [-0.2, 0) is 14.0 Å². The third-order valence-corrected chi connectivity index (χ3v) is 4.52. The fraction of sp³-hybridized carbons (Fsp3) is 0.588. The van der Waals surface area contributed by atoms with E-state index >= 15 is 0 Å². The van der Waals surface area contributed by atoms with Crippen molar-refractivity contribution in [2.45, 2.75) is 65.3 Å². The average molecular weight is 345 g/mol. The summed E-state index contributed by atoms with van der Waals surface area (Å²) in [6.45, 7) is 13.4. The van der Waals surface area contributed by atoms with Crippen molar-refractivity contribution in [3.8, 4) is 0 Å². The minimum absolute atomic E-state index is 0.423. The molecule has 0 spiro atoms. The van der Waals surface area contributed by atoms with Crippen LogP contribution in [0.25, 0.3) is 11.0 Å². The van der Waals surface area contributed by atoms with E-state index < -0.39 is 30.0 Å². The third-order valence-electron chi connectivity index (χ3n) is 4.52. The Morgan fingerprint density at radius 1 is 1.16 bits per heavy atom. The molecule has 0 aliphatic carbocycles. The Labute approximate surface area is 147 Å². The van der Waals surface area contributed by atoms with Crippen LogP contribution in [0.15, 0.2) is 18.5 Å². The first-order chi connectivity index (χ1) is 11.4. The van der Waals surface area contributed by atoms with Crippen molar-refractivity contribution < 1.29 is 18.8 Å². The maximum Gasteiger partial charge on any atom is 0.496 e. The Morgan fingerprint density at radius 2 is 1.76 bits per heavy atom. The molecule has 2 aromatic rings. The number of rotatable bonds is 1. The van der Waals surface area contributed by atoms with Crippen molar-refractivity contribution in [1.82, 2.24) is 14.8 Å². The van der Waals surface area contributed by atoms with Crippen LogP contribution in [0, 0.1) is 0 Å². The molecular formula is C17H24BN3O4. The molecule has 1 fully saturated rings. The second-order valence-corrected chi connectivity index (χ2v) is 8.31. The highest BCUT2D eigenvalue weighted by atomic mass is 16.7. The predicted molar refractivity (Wildman–Crippen MR) is 94.9 cm³/mol. The molecule has 134 valence electrons. The predicted octanol–water partition coefficient (Wildman–Crippen LogP) is 2.51. The summed E-state index contributed by atoms with van der Waals surface area (Å²) in [7, 11) is -0.508. The van der Waals surface area contributed by atoms with Gasteiger partial charge in [0.2, 0.25) is 0 Å². The minimum atomic E-state index is -0.599. The maximum absolute atomic E-state index is 12.2. The van der Waals surface area contributed by atoms with Gasteiger partial charge in [-0.15, -0.1) is 4.68 Å². The largest absolute Gasteiger partial charge is 0.496 e. The van der Waals surface area contributed by atoms with Gasteiger partial charge in [-0.05, 0) is 54.5 Å². The van der Waals surface area contributed by atoms with E-state index in [1.54, 1.807) is 33.2 Å². The number of aromatic nitrogens is 3. The van der Waals surface area contributed by atoms with Crippen LogP contribution < -0.4 is 5.46 Å². The fourth-order valence-corrected chi connectivity index (χ4v) is 2.49. The van der Waals surface area contributed by atoms with Crippen molar-refractivity contribution in [3.63, 3.8) is 0 Å². The summed E-state index contributed by atoms with van der Waals surface area (Å²) < 4.78 is 18.6. The molecule has 1 saturated heterocycles. The second-order valence-electron chi connectivity index (χ2n) is 8.31. The summed E-state index contributed by atoms with van der Waals surface area (Å²) in [5.74, 6) is 0. The zero-order valence-corrected chi connectivity index (χ0v) is 15.8. The number of nitrogens with zero attached hydrogens (tertiary/aromatic N) is 3. The van der Waals surface area contributed by atoms with Crippen molar-refractivity contribution >= 4 is 29.7 Å². The molecule has 0 N–H and O–H groups in total. The molecule has 2 aromatic heterocycles. The molecule has 8 heteroatoms. The van der Waals surface area contributed by atoms with Gasteiger partial charge in [0.05, 0.1) is 17.4 Å². The van der Waals surface area contributed by atoms with Gasteiger partial charge in [0.1, 0.15) is 5.60 Å². The van der Waals surface area contributed by atoms with E-state index in [9.17, 15) is 4.79 Å². The van der Waals surface area contributed by atoms with E-state index in [0.717, 1.165) is 15.5 Å². The number of ether oxygens (including phenoxy) is 1. The van der Waals surface area contributed by atoms with Crippen LogP contribution in [0.4, 0.5) is 4.79 Å². The maximum atomic E-state index is 12.2. The Kier molecular flexibility index (Phi) is 3.96. The number of carbonyl (C=O) groups excluding carboxylic acids is 1. The summed E-state index contributed by atoms with van der Waals surface area (Å²) in [5, 5.41) is 4.82. The molecular weight excluding hydrogens is 321 g/mol. The summed E-state index contributed by atoms with van der Waals surface area (Å²) in [5.41, 5.74) is -0.220. The Morgan fingerprint density at radius 3 is 2.32 bits per heavy atom. The van der Waals surface area contributed by atoms with Gasteiger partial charge in [-0.2, -0.15) is 5.10 Å². The van der Waals surface area contributed by atoms with E-state index in [-0.39, 0.29) is 0 Å². The molecule has 3 rings (SSSR count). The smallest absolute Gasteiger partial charge is 0.442 e. The molecule has 0 amide bonds. The van der Waals surface area contributed by atoms with E-state index in [0.29, 0.717) is 5.65 Å². The molecule has 3 heterocycles. The SMILES string of the molecule is CC(C)(C)OC(=O)n1ncc2cc(B3OC(C)(C)C(C)(C)O3)cnc21. The van der Waals surface area contributed by atoms with Gasteiger partial charge in [-0.3, -0.25) is 0 Å². The molecule has 0 aromatic carbocycles. The highest BCUT2D eigenvalue weighted by Gasteiger charge is 2.51. The van der Waals surface area contributed by atoms with Crippen LogP contribution >= 0.6 is 0 Å². The van der Waals surface area contributed by atoms with Crippen LogP contribution in [-0.4, -0.2) is 44.8 Å². The summed E-state index contributed by atoms with van der Waals surface area (Å²) in [6.07, 6.45) is 2.67. The fourth-order valence-electron chi connectivity index (χ4n) is 2.49. The summed E-state index contributed by atoms with van der Waals surface area (Å²) >= 11 is 0. The monoisotopic (exact) mass is 345 g/mol. The van der Waals surface area contributed by atoms with E-state index in [4.69, 9.17) is 14.0 Å². The van der Waals surface area contributed by atoms with E-state index in [1.165, 1.54) is 0 Å². The minimum Gasteiger partial charge on any atom is -0.442 e. The van der Waals surface area contributed by atoms with Gasteiger partial charge in [0.25, 0.3) is 0 Å². The van der Waals surface area contributed by atoms with Crippen molar-refractivity contribution in [3.05, 3.63) is 18.5 Å². The molecule has 1 aliphatic heterocycles. The standard InChI is InChI=1S/C17H24BN3O4/c1-15(2,3)23-14(22)21-13-11(9-20-21)8-12(10-19-13)18-24-16(4,5)17(6,7)25-18/h8-10H,1-7H3. The van der Waals surface area contributed by atoms with Gasteiger partial charge in [0, 0.05) is 17.0 Å². The van der Waals surface area contributed by atoms with Gasteiger partial charge in [-0.1, -0.05) is 0 Å². The highest BCUT2D eigenvalue weighted by Crippen LogP contribution is 2.36. The lowest BCUT2D eigenvalue weighted by Gasteiger charge is -2.32. The second kappa shape index (κ2) is 5.54. The Hall–Kier alpha value is -1.93. The normalized spacial score (nSPS) is 19.4. The highest BCUT2D eigenvalue weighted by molar-refractivity contribution is 6.62. The first-order valence-electron chi connectivity index (χ1n) is 8.32. The number of hydrogen-bond acceptors (Lipinski definition) is 6. The lowest BCUT2D eigenvalue weighted by atomic mass is 9.80. The van der Waals surface area contributed by atoms with Gasteiger partial charge < -0.3 is 14.0 Å². The van der Waals surface area contributed by atoms with Crippen LogP contribution in [0.5, 0.6) is 0 Å². The van der Waals surface area contributed by atoms with E-state index in [1.807, 2.05) is 33.8 Å². The quantitative estimate of drug-likeness (QED) is 0.740. The molecule has 0 atom stereocenters. The molecule has 25 heavy (non-hydrogen) atoms. The van der Waals surface area contributed by atoms with Gasteiger partial charge in [0.15, 0.2) is 5.65 Å². The Balaban J connectivity index is 1.90. The molecule has 0 bridgehead atoms. The average Bonchev–Trinajstić information content (AvgIpc) is 2.95. The zero-order valence-electron chi connectivity index (χ0n) is 15.8. The van der Waals surface area contributed by atoms with Crippen LogP contribution in [0.2, 0.25) is 0 Å². The van der Waals surface area contributed by atoms with E-state index in [2.05, 4.69) is 10.1 Å². The van der Waals surface area contributed by atoms with Gasteiger partial charge >= 0.3 is 13.2 Å². The van der Waals surface area contributed by atoms with Crippen molar-refractivity contribution in [2.24, 2.45) is 0 Å². The Bertz CT molecular complexity index is 807. The third kappa shape index (κ3) is 3.28. The molecule has 1 aliphatic rings. The molecule has 0 radical (unpaired) electrons. The number of carbonyl (C=O) groups is 1. The van der Waals surface area contributed by atoms with Gasteiger partial charge in [-0.25, -0.2) is 9.78 Å². The summed E-state index contributed by atoms with van der Waals surface area (Å²) in [6, 6.07) is 1.87. The number of pyridine rings is 1. The van der Waals surface area contributed by atoms with Crippen molar-refractivity contribution in [1.29, 1.82) is 0 Å². The molecule has 0 saturated carbocycles. The first kappa shape index (κ1) is 17.9. The van der Waals surface area contributed by atoms with Crippen LogP contribution in [0.1, 0.15) is 48.5 Å². The molecule has 0 unspecified atom stereocenters.